The average Bonchev–Trinajstić information content (AvgIpc) is 2.78. The summed E-state index contributed by atoms with van der Waals surface area (Å²) in [7, 11) is 0. The van der Waals surface area contributed by atoms with Crippen LogP contribution in [0.1, 0.15) is 22.8 Å². The number of furan rings is 1. The van der Waals surface area contributed by atoms with E-state index in [-0.39, 0.29) is 11.8 Å². The lowest BCUT2D eigenvalue weighted by Gasteiger charge is -2.09. The van der Waals surface area contributed by atoms with Crippen molar-refractivity contribution < 1.29 is 14.0 Å². The largest absolute Gasteiger partial charge is 0.457 e. The van der Waals surface area contributed by atoms with Crippen LogP contribution < -0.4 is 10.6 Å². The Morgan fingerprint density at radius 1 is 1.20 bits per heavy atom. The fourth-order valence-electron chi connectivity index (χ4n) is 1.73. The van der Waals surface area contributed by atoms with Gasteiger partial charge in [-0.1, -0.05) is 0 Å². The van der Waals surface area contributed by atoms with Gasteiger partial charge in [-0.2, -0.15) is 0 Å². The summed E-state index contributed by atoms with van der Waals surface area (Å²) in [6.45, 7) is 3.31. The summed E-state index contributed by atoms with van der Waals surface area (Å²) in [5.41, 5.74) is 2.66. The van der Waals surface area contributed by atoms with Crippen LogP contribution >= 0.6 is 15.9 Å². The standard InChI is InChI=1S/C14H13BrN2O3/c1-8-7-10(3-4-12(8)16-9(2)18)17-14(19)11-5-6-20-13(11)15/h3-7H,1-2H3,(H,16,18)(H,17,19). The highest BCUT2D eigenvalue weighted by Gasteiger charge is 2.13. The average molecular weight is 337 g/mol. The molecule has 1 aromatic carbocycles. The topological polar surface area (TPSA) is 71.3 Å². The van der Waals surface area contributed by atoms with Crippen molar-refractivity contribution in [2.24, 2.45) is 0 Å². The smallest absolute Gasteiger partial charge is 0.260 e. The lowest BCUT2D eigenvalue weighted by atomic mass is 10.1. The highest BCUT2D eigenvalue weighted by atomic mass is 79.9. The van der Waals surface area contributed by atoms with Crippen molar-refractivity contribution in [2.75, 3.05) is 10.6 Å². The van der Waals surface area contributed by atoms with Crippen LogP contribution in [0.25, 0.3) is 0 Å². The molecule has 0 aliphatic carbocycles. The van der Waals surface area contributed by atoms with Crippen molar-refractivity contribution in [2.45, 2.75) is 13.8 Å². The number of aryl methyl sites for hydroxylation is 1. The molecular formula is C14H13BrN2O3. The molecule has 0 aliphatic heterocycles. The molecular weight excluding hydrogens is 324 g/mol. The van der Waals surface area contributed by atoms with Gasteiger partial charge >= 0.3 is 0 Å². The monoisotopic (exact) mass is 336 g/mol. The van der Waals surface area contributed by atoms with Gasteiger partial charge in [0.25, 0.3) is 5.91 Å². The van der Waals surface area contributed by atoms with Crippen LogP contribution in [-0.2, 0) is 4.79 Å². The Balaban J connectivity index is 2.15. The highest BCUT2D eigenvalue weighted by Crippen LogP contribution is 2.22. The molecule has 0 saturated carbocycles. The molecule has 1 heterocycles. The van der Waals surface area contributed by atoms with Gasteiger partial charge < -0.3 is 15.1 Å². The van der Waals surface area contributed by atoms with Crippen molar-refractivity contribution >= 4 is 39.1 Å². The minimum absolute atomic E-state index is 0.132. The first-order valence-corrected chi connectivity index (χ1v) is 6.69. The van der Waals surface area contributed by atoms with E-state index in [0.29, 0.717) is 15.9 Å². The Labute approximate surface area is 124 Å². The van der Waals surface area contributed by atoms with E-state index in [1.807, 2.05) is 6.92 Å². The molecule has 6 heteroatoms. The van der Waals surface area contributed by atoms with Crippen molar-refractivity contribution in [1.82, 2.24) is 0 Å². The van der Waals surface area contributed by atoms with E-state index < -0.39 is 0 Å². The molecule has 0 fully saturated rings. The molecule has 2 amide bonds. The molecule has 0 radical (unpaired) electrons. The maximum Gasteiger partial charge on any atom is 0.260 e. The second-order valence-corrected chi connectivity index (χ2v) is 4.99. The fourth-order valence-corrected chi connectivity index (χ4v) is 2.15. The number of rotatable bonds is 3. The third-order valence-electron chi connectivity index (χ3n) is 2.66. The number of carbonyl (C=O) groups is 2. The molecule has 2 aromatic rings. The normalized spacial score (nSPS) is 10.2. The Kier molecular flexibility index (Phi) is 4.24. The second-order valence-electron chi connectivity index (χ2n) is 4.27. The SMILES string of the molecule is CC(=O)Nc1ccc(NC(=O)c2ccoc2Br)cc1C. The van der Waals surface area contributed by atoms with Gasteiger partial charge in [-0.15, -0.1) is 0 Å². The molecule has 20 heavy (non-hydrogen) atoms. The van der Waals surface area contributed by atoms with E-state index in [2.05, 4.69) is 26.6 Å². The molecule has 0 spiro atoms. The first kappa shape index (κ1) is 14.3. The van der Waals surface area contributed by atoms with Gasteiger partial charge in [0.2, 0.25) is 5.91 Å². The van der Waals surface area contributed by atoms with Crippen molar-refractivity contribution in [3.8, 4) is 0 Å². The molecule has 1 aromatic heterocycles. The van der Waals surface area contributed by atoms with E-state index in [1.54, 1.807) is 24.3 Å². The Bertz CT molecular complexity index is 664. The molecule has 0 saturated heterocycles. The van der Waals surface area contributed by atoms with Crippen molar-refractivity contribution in [3.63, 3.8) is 0 Å². The van der Waals surface area contributed by atoms with E-state index in [0.717, 1.165) is 11.3 Å². The minimum atomic E-state index is -0.266. The van der Waals surface area contributed by atoms with E-state index in [1.165, 1.54) is 13.2 Å². The Morgan fingerprint density at radius 3 is 2.50 bits per heavy atom. The molecule has 0 bridgehead atoms. The van der Waals surface area contributed by atoms with Crippen LogP contribution in [0, 0.1) is 6.92 Å². The third kappa shape index (κ3) is 3.27. The van der Waals surface area contributed by atoms with Crippen LogP contribution in [-0.4, -0.2) is 11.8 Å². The number of halogens is 1. The fraction of sp³-hybridized carbons (Fsp3) is 0.143. The number of benzene rings is 1. The molecule has 0 atom stereocenters. The van der Waals surface area contributed by atoms with Crippen LogP contribution in [0.5, 0.6) is 0 Å². The summed E-state index contributed by atoms with van der Waals surface area (Å²) in [4.78, 5) is 23.0. The zero-order valence-electron chi connectivity index (χ0n) is 11.0. The molecule has 0 aliphatic rings. The number of anilines is 2. The lowest BCUT2D eigenvalue weighted by molar-refractivity contribution is -0.114. The van der Waals surface area contributed by atoms with Gasteiger partial charge in [-0.05, 0) is 52.7 Å². The minimum Gasteiger partial charge on any atom is -0.457 e. The van der Waals surface area contributed by atoms with Crippen molar-refractivity contribution in [1.29, 1.82) is 0 Å². The predicted octanol–water partition coefficient (Wildman–Crippen LogP) is 3.56. The predicted molar refractivity (Wildman–Crippen MR) is 79.8 cm³/mol. The molecule has 2 rings (SSSR count). The van der Waals surface area contributed by atoms with Gasteiger partial charge in [0.15, 0.2) is 4.67 Å². The summed E-state index contributed by atoms with van der Waals surface area (Å²) >= 11 is 3.16. The number of amides is 2. The summed E-state index contributed by atoms with van der Waals surface area (Å²) in [5.74, 6) is -0.399. The second kappa shape index (κ2) is 5.92. The summed E-state index contributed by atoms with van der Waals surface area (Å²) < 4.78 is 5.41. The summed E-state index contributed by atoms with van der Waals surface area (Å²) in [6, 6.07) is 6.84. The lowest BCUT2D eigenvalue weighted by Crippen LogP contribution is -2.12. The maximum atomic E-state index is 12.0. The Hall–Kier alpha value is -2.08. The number of hydrogen-bond acceptors (Lipinski definition) is 3. The van der Waals surface area contributed by atoms with Gasteiger partial charge in [0.1, 0.15) is 0 Å². The quantitative estimate of drug-likeness (QED) is 0.900. The van der Waals surface area contributed by atoms with E-state index in [9.17, 15) is 9.59 Å². The van der Waals surface area contributed by atoms with Gasteiger partial charge in [0, 0.05) is 18.3 Å². The highest BCUT2D eigenvalue weighted by molar-refractivity contribution is 9.10. The maximum absolute atomic E-state index is 12.0. The first-order chi connectivity index (χ1) is 9.47. The summed E-state index contributed by atoms with van der Waals surface area (Å²) in [5, 5.41) is 5.48. The molecule has 5 nitrogen and oxygen atoms in total. The summed E-state index contributed by atoms with van der Waals surface area (Å²) in [6.07, 6.45) is 1.43. The number of carbonyl (C=O) groups excluding carboxylic acids is 2. The number of nitrogens with one attached hydrogen (secondary N) is 2. The van der Waals surface area contributed by atoms with E-state index >= 15 is 0 Å². The van der Waals surface area contributed by atoms with Crippen LogP contribution in [0.3, 0.4) is 0 Å². The molecule has 0 unspecified atom stereocenters. The van der Waals surface area contributed by atoms with Crippen LogP contribution in [0.4, 0.5) is 11.4 Å². The van der Waals surface area contributed by atoms with Gasteiger partial charge in [-0.3, -0.25) is 9.59 Å². The van der Waals surface area contributed by atoms with Crippen LogP contribution in [0.15, 0.2) is 39.6 Å². The molecule has 2 N–H and O–H groups in total. The number of hydrogen-bond donors (Lipinski definition) is 2. The van der Waals surface area contributed by atoms with Gasteiger partial charge in [0.05, 0.1) is 11.8 Å². The third-order valence-corrected chi connectivity index (χ3v) is 3.27. The first-order valence-electron chi connectivity index (χ1n) is 5.90. The zero-order chi connectivity index (χ0) is 14.7. The van der Waals surface area contributed by atoms with Crippen LogP contribution in [0.2, 0.25) is 0 Å². The van der Waals surface area contributed by atoms with E-state index in [4.69, 9.17) is 4.42 Å². The zero-order valence-corrected chi connectivity index (χ0v) is 12.6. The van der Waals surface area contributed by atoms with Gasteiger partial charge in [-0.25, -0.2) is 0 Å². The molecule has 104 valence electrons. The Morgan fingerprint density at radius 2 is 1.95 bits per heavy atom. The van der Waals surface area contributed by atoms with Crippen molar-refractivity contribution in [3.05, 3.63) is 46.3 Å².